The van der Waals surface area contributed by atoms with Gasteiger partial charge in [0.15, 0.2) is 0 Å². The number of nitrogens with one attached hydrogen (secondary N) is 1. The van der Waals surface area contributed by atoms with Gasteiger partial charge in [0.1, 0.15) is 6.10 Å². The van der Waals surface area contributed by atoms with Gasteiger partial charge >= 0.3 is 10.4 Å². The molecule has 0 heterocycles. The van der Waals surface area contributed by atoms with Gasteiger partial charge in [-0.25, -0.2) is 4.18 Å². The van der Waals surface area contributed by atoms with E-state index in [1.54, 1.807) is 0 Å². The van der Waals surface area contributed by atoms with Gasteiger partial charge in [0, 0.05) is 0 Å². The van der Waals surface area contributed by atoms with Gasteiger partial charge in [0.2, 0.25) is 5.91 Å². The van der Waals surface area contributed by atoms with Crippen molar-refractivity contribution in [2.75, 3.05) is 6.61 Å². The first kappa shape index (κ1) is 42.0. The molecule has 0 aliphatic heterocycles. The number of carbonyl (C=O) groups is 1. The van der Waals surface area contributed by atoms with Crippen LogP contribution in [0.1, 0.15) is 163 Å². The highest BCUT2D eigenvalue weighted by atomic mass is 32.3. The Morgan fingerprint density at radius 2 is 1.21 bits per heavy atom. The Kier molecular flexibility index (Phi) is 26.7. The van der Waals surface area contributed by atoms with Crippen molar-refractivity contribution in [3.8, 4) is 0 Å². The number of rotatable bonds is 30. The van der Waals surface area contributed by atoms with E-state index in [2.05, 4.69) is 37.2 Å². The number of carbonyl (C=O) groups excluding carboxylic acids is 1. The second-order valence-electron chi connectivity index (χ2n) is 13.0. The number of aliphatic hydroxyl groups is 2. The Morgan fingerprint density at radius 3 is 1.70 bits per heavy atom. The zero-order chi connectivity index (χ0) is 32.3. The van der Waals surface area contributed by atoms with Gasteiger partial charge in [-0.3, -0.25) is 9.35 Å². The SMILES string of the molecule is CC[C@H](C)CCCCCCCC[C@@H](O)C(=O)N[C@@H](COS(=O)(=O)O)[C@H](O)/C=C/CCCCCCCCCCCCC(C)C. The molecule has 4 atom stereocenters. The normalized spacial score (nSPS) is 15.2. The van der Waals surface area contributed by atoms with Gasteiger partial charge in [-0.15, -0.1) is 0 Å². The zero-order valence-corrected chi connectivity index (χ0v) is 28.8. The average Bonchev–Trinajstić information content (AvgIpc) is 2.95. The predicted octanol–water partition coefficient (Wildman–Crippen LogP) is 8.07. The van der Waals surface area contributed by atoms with E-state index in [1.807, 2.05) is 6.08 Å². The lowest BCUT2D eigenvalue weighted by Gasteiger charge is -2.23. The highest BCUT2D eigenvalue weighted by Gasteiger charge is 2.25. The molecule has 8 nitrogen and oxygen atoms in total. The van der Waals surface area contributed by atoms with Crippen molar-refractivity contribution in [3.05, 3.63) is 12.2 Å². The Morgan fingerprint density at radius 1 is 0.744 bits per heavy atom. The first-order chi connectivity index (χ1) is 20.5. The molecule has 0 rings (SSSR count). The van der Waals surface area contributed by atoms with Crippen LogP contribution < -0.4 is 5.32 Å². The van der Waals surface area contributed by atoms with E-state index < -0.39 is 41.2 Å². The van der Waals surface area contributed by atoms with Crippen LogP contribution in [0.5, 0.6) is 0 Å². The molecule has 1 amide bonds. The molecule has 0 radical (unpaired) electrons. The van der Waals surface area contributed by atoms with Crippen molar-refractivity contribution in [1.82, 2.24) is 5.32 Å². The quantitative estimate of drug-likeness (QED) is 0.0357. The molecule has 0 aliphatic rings. The number of hydrogen-bond donors (Lipinski definition) is 4. The molecule has 0 aromatic heterocycles. The number of unbranched alkanes of at least 4 members (excludes halogenated alkanes) is 15. The number of allylic oxidation sites excluding steroid dienone is 1. The van der Waals surface area contributed by atoms with Gasteiger partial charge in [-0.2, -0.15) is 8.42 Å². The molecule has 4 N–H and O–H groups in total. The lowest BCUT2D eigenvalue weighted by molar-refractivity contribution is -0.131. The van der Waals surface area contributed by atoms with Crippen molar-refractivity contribution < 1.29 is 32.2 Å². The summed E-state index contributed by atoms with van der Waals surface area (Å²) in [4.78, 5) is 12.5. The first-order valence-electron chi connectivity index (χ1n) is 17.4. The molecular formula is C34H67NO7S. The Hall–Kier alpha value is -1.00. The standard InChI is InChI=1S/C34H67NO7S/c1-5-30(4)25-21-17-14-15-19-23-27-33(37)34(38)35-31(28-42-43(39,40)41)32(36)26-22-18-13-11-9-7-6-8-10-12-16-20-24-29(2)3/h22,26,29-33,36-37H,5-21,23-25,27-28H2,1-4H3,(H,35,38)(H,39,40,41)/b26-22+/t30-,31-,32+,33+/m0/s1. The summed E-state index contributed by atoms with van der Waals surface area (Å²) < 4.78 is 35.5. The molecule has 0 fully saturated rings. The second-order valence-corrected chi connectivity index (χ2v) is 14.1. The summed E-state index contributed by atoms with van der Waals surface area (Å²) in [6.45, 7) is 8.42. The molecule has 0 aromatic carbocycles. The average molecular weight is 634 g/mol. The molecule has 0 saturated carbocycles. The molecule has 0 aliphatic carbocycles. The van der Waals surface area contributed by atoms with Crippen molar-refractivity contribution in [1.29, 1.82) is 0 Å². The fourth-order valence-corrected chi connectivity index (χ4v) is 5.45. The van der Waals surface area contributed by atoms with Gasteiger partial charge in [-0.05, 0) is 31.1 Å². The first-order valence-corrected chi connectivity index (χ1v) is 18.8. The second kappa shape index (κ2) is 27.3. The highest BCUT2D eigenvalue weighted by molar-refractivity contribution is 7.80. The van der Waals surface area contributed by atoms with Crippen LogP contribution in [0.15, 0.2) is 12.2 Å². The van der Waals surface area contributed by atoms with Crippen LogP contribution in [0, 0.1) is 11.8 Å². The highest BCUT2D eigenvalue weighted by Crippen LogP contribution is 2.16. The third kappa shape index (κ3) is 28.2. The summed E-state index contributed by atoms with van der Waals surface area (Å²) in [5.41, 5.74) is 0. The smallest absolute Gasteiger partial charge is 0.387 e. The third-order valence-corrected chi connectivity index (χ3v) is 8.73. The molecule has 0 aromatic rings. The molecule has 0 unspecified atom stereocenters. The maximum atomic E-state index is 12.5. The van der Waals surface area contributed by atoms with Crippen molar-refractivity contribution in [2.24, 2.45) is 11.8 Å². The van der Waals surface area contributed by atoms with Crippen LogP contribution in [0.3, 0.4) is 0 Å². The van der Waals surface area contributed by atoms with Crippen LogP contribution in [-0.4, -0.2) is 53.9 Å². The minimum atomic E-state index is -4.74. The van der Waals surface area contributed by atoms with Crippen LogP contribution in [-0.2, 0) is 19.4 Å². The molecular weight excluding hydrogens is 566 g/mol. The fraction of sp³-hybridized carbons (Fsp3) is 0.912. The van der Waals surface area contributed by atoms with Gasteiger partial charge in [0.05, 0.1) is 18.8 Å². The van der Waals surface area contributed by atoms with E-state index >= 15 is 0 Å². The summed E-state index contributed by atoms with van der Waals surface area (Å²) in [5, 5.41) is 23.4. The predicted molar refractivity (Wildman–Crippen MR) is 177 cm³/mol. The number of aliphatic hydroxyl groups excluding tert-OH is 2. The molecule has 0 saturated heterocycles. The van der Waals surface area contributed by atoms with Gasteiger partial charge < -0.3 is 15.5 Å². The fourth-order valence-electron chi connectivity index (χ4n) is 5.14. The Bertz CT molecular complexity index is 788. The summed E-state index contributed by atoms with van der Waals surface area (Å²) >= 11 is 0. The summed E-state index contributed by atoms with van der Waals surface area (Å²) in [5.74, 6) is 0.889. The van der Waals surface area contributed by atoms with Crippen molar-refractivity contribution in [3.63, 3.8) is 0 Å². The van der Waals surface area contributed by atoms with Crippen molar-refractivity contribution >= 4 is 16.3 Å². The van der Waals surface area contributed by atoms with Gasteiger partial charge in [0.25, 0.3) is 0 Å². The molecule has 0 bridgehead atoms. The lowest BCUT2D eigenvalue weighted by Crippen LogP contribution is -2.49. The van der Waals surface area contributed by atoms with Gasteiger partial charge in [-0.1, -0.05) is 155 Å². The Labute approximate surface area is 264 Å². The zero-order valence-electron chi connectivity index (χ0n) is 28.0. The monoisotopic (exact) mass is 633 g/mol. The van der Waals surface area contributed by atoms with E-state index in [4.69, 9.17) is 4.55 Å². The summed E-state index contributed by atoms with van der Waals surface area (Å²) in [6.07, 6.45) is 24.4. The van der Waals surface area contributed by atoms with E-state index in [-0.39, 0.29) is 6.42 Å². The number of amides is 1. The van der Waals surface area contributed by atoms with E-state index in [1.165, 1.54) is 89.5 Å². The van der Waals surface area contributed by atoms with E-state index in [0.717, 1.165) is 50.4 Å². The maximum Gasteiger partial charge on any atom is 0.397 e. The van der Waals surface area contributed by atoms with E-state index in [0.29, 0.717) is 6.42 Å². The molecule has 0 spiro atoms. The largest absolute Gasteiger partial charge is 0.397 e. The van der Waals surface area contributed by atoms with Crippen molar-refractivity contribution in [2.45, 2.75) is 181 Å². The lowest BCUT2D eigenvalue weighted by atomic mass is 9.99. The molecule has 9 heteroatoms. The minimum absolute atomic E-state index is 0.287. The minimum Gasteiger partial charge on any atom is -0.387 e. The van der Waals surface area contributed by atoms with Crippen LogP contribution in [0.2, 0.25) is 0 Å². The van der Waals surface area contributed by atoms with Crippen LogP contribution in [0.25, 0.3) is 0 Å². The third-order valence-electron chi connectivity index (χ3n) is 8.30. The topological polar surface area (TPSA) is 133 Å². The maximum absolute atomic E-state index is 12.5. The van der Waals surface area contributed by atoms with Crippen LogP contribution >= 0.6 is 0 Å². The summed E-state index contributed by atoms with van der Waals surface area (Å²) in [6, 6.07) is -1.13. The molecule has 256 valence electrons. The van der Waals surface area contributed by atoms with Crippen LogP contribution in [0.4, 0.5) is 0 Å². The molecule has 43 heavy (non-hydrogen) atoms. The number of hydrogen-bond acceptors (Lipinski definition) is 6. The summed E-state index contributed by atoms with van der Waals surface area (Å²) in [7, 11) is -4.74. The Balaban J connectivity index is 4.25. The van der Waals surface area contributed by atoms with E-state index in [9.17, 15) is 23.4 Å².